The molecule has 0 radical (unpaired) electrons. The Labute approximate surface area is 179 Å². The number of pyridine rings is 1. The molecule has 166 valence electrons. The van der Waals surface area contributed by atoms with Crippen LogP contribution >= 0.6 is 0 Å². The van der Waals surface area contributed by atoms with E-state index in [0.29, 0.717) is 36.1 Å². The zero-order valence-electron chi connectivity index (χ0n) is 17.8. The lowest BCUT2D eigenvalue weighted by Gasteiger charge is -2.36. The lowest BCUT2D eigenvalue weighted by atomic mass is 10.1. The van der Waals surface area contributed by atoms with E-state index in [1.165, 1.54) is 12.3 Å². The number of halogens is 1. The second-order valence-corrected chi connectivity index (χ2v) is 8.90. The highest BCUT2D eigenvalue weighted by Crippen LogP contribution is 2.43. The molecule has 3 aliphatic rings. The normalized spacial score (nSPS) is 24.5. The number of carbonyl (C=O) groups is 1. The van der Waals surface area contributed by atoms with Gasteiger partial charge < -0.3 is 24.2 Å². The Bertz CT molecular complexity index is 1110. The fourth-order valence-corrected chi connectivity index (χ4v) is 5.09. The first kappa shape index (κ1) is 20.3. The molecule has 2 saturated heterocycles. The van der Waals surface area contributed by atoms with Gasteiger partial charge in [-0.25, -0.2) is 9.18 Å². The molecule has 1 aromatic carbocycles. The molecule has 31 heavy (non-hydrogen) atoms. The SMILES string of the molecule is C[C@H]1COc2c(N3CC[C@H](N4CCN(C)CC4)C3)c(F)cc3c(=O)c(C(=O)O)cn1c23. The molecule has 2 aromatic rings. The molecule has 0 amide bonds. The molecular formula is C22H27FN4O4. The quantitative estimate of drug-likeness (QED) is 0.793. The number of carboxylic acids is 1. The fourth-order valence-electron chi connectivity index (χ4n) is 5.09. The number of aromatic carboxylic acids is 1. The van der Waals surface area contributed by atoms with Crippen molar-refractivity contribution in [1.29, 1.82) is 0 Å². The number of rotatable bonds is 3. The van der Waals surface area contributed by atoms with Crippen LogP contribution in [0.4, 0.5) is 10.1 Å². The molecule has 0 bridgehead atoms. The average Bonchev–Trinajstić information content (AvgIpc) is 3.21. The van der Waals surface area contributed by atoms with Crippen LogP contribution in [-0.2, 0) is 0 Å². The largest absolute Gasteiger partial charge is 0.487 e. The van der Waals surface area contributed by atoms with Gasteiger partial charge >= 0.3 is 5.97 Å². The topological polar surface area (TPSA) is 78.2 Å². The van der Waals surface area contributed by atoms with Crippen LogP contribution < -0.4 is 15.1 Å². The van der Waals surface area contributed by atoms with E-state index in [1.54, 1.807) is 4.57 Å². The van der Waals surface area contributed by atoms with Crippen LogP contribution in [0.5, 0.6) is 5.75 Å². The van der Waals surface area contributed by atoms with Gasteiger partial charge in [0, 0.05) is 51.5 Å². The van der Waals surface area contributed by atoms with Crippen molar-refractivity contribution in [3.05, 3.63) is 33.9 Å². The summed E-state index contributed by atoms with van der Waals surface area (Å²) in [6.07, 6.45) is 2.31. The molecule has 1 N–H and O–H groups in total. The number of hydrogen-bond acceptors (Lipinski definition) is 6. The molecule has 2 atom stereocenters. The van der Waals surface area contributed by atoms with Crippen LogP contribution in [0.3, 0.4) is 0 Å². The Balaban J connectivity index is 1.57. The predicted molar refractivity (Wildman–Crippen MR) is 115 cm³/mol. The Hall–Kier alpha value is -2.65. The molecule has 4 heterocycles. The van der Waals surface area contributed by atoms with Gasteiger partial charge in [-0.15, -0.1) is 0 Å². The van der Waals surface area contributed by atoms with Gasteiger partial charge in [0.25, 0.3) is 0 Å². The lowest BCUT2D eigenvalue weighted by Crippen LogP contribution is -2.49. The zero-order valence-corrected chi connectivity index (χ0v) is 17.8. The molecule has 1 aromatic heterocycles. The van der Waals surface area contributed by atoms with Crippen molar-refractivity contribution in [2.45, 2.75) is 25.4 Å². The van der Waals surface area contributed by atoms with Crippen molar-refractivity contribution in [3.63, 3.8) is 0 Å². The van der Waals surface area contributed by atoms with Gasteiger partial charge in [0.05, 0.1) is 16.9 Å². The van der Waals surface area contributed by atoms with Gasteiger partial charge in [0.2, 0.25) is 5.43 Å². The maximum atomic E-state index is 15.4. The molecular weight excluding hydrogens is 403 g/mol. The number of nitrogens with zero attached hydrogens (tertiary/aromatic N) is 4. The number of anilines is 1. The van der Waals surface area contributed by atoms with Crippen molar-refractivity contribution < 1.29 is 19.0 Å². The van der Waals surface area contributed by atoms with Gasteiger partial charge in [0.1, 0.15) is 17.9 Å². The molecule has 5 rings (SSSR count). The number of likely N-dealkylation sites (N-methyl/N-ethyl adjacent to an activating group) is 1. The summed E-state index contributed by atoms with van der Waals surface area (Å²) in [5, 5.41) is 9.48. The minimum Gasteiger partial charge on any atom is -0.487 e. The number of carboxylic acid groups (broad SMARTS) is 1. The van der Waals surface area contributed by atoms with Crippen LogP contribution in [0.2, 0.25) is 0 Å². The van der Waals surface area contributed by atoms with E-state index in [1.807, 2.05) is 11.8 Å². The summed E-state index contributed by atoms with van der Waals surface area (Å²) in [6.45, 7) is 7.67. The molecule has 0 saturated carbocycles. The first-order valence-corrected chi connectivity index (χ1v) is 10.8. The Kier molecular flexibility index (Phi) is 4.90. The summed E-state index contributed by atoms with van der Waals surface area (Å²) < 4.78 is 23.1. The van der Waals surface area contributed by atoms with Crippen LogP contribution in [0.15, 0.2) is 17.1 Å². The highest BCUT2D eigenvalue weighted by atomic mass is 19.1. The highest BCUT2D eigenvalue weighted by Gasteiger charge is 2.35. The Morgan fingerprint density at radius 2 is 1.97 bits per heavy atom. The van der Waals surface area contributed by atoms with Gasteiger partial charge in [0.15, 0.2) is 11.6 Å². The standard InChI is InChI=1S/C22H27FN4O4/c1-13-12-31-21-18-15(20(28)16(22(29)30)11-27(13)18)9-17(23)19(21)26-4-3-14(10-26)25-7-5-24(2)6-8-25/h9,11,13-14H,3-8,10,12H2,1-2H3,(H,29,30)/t13-,14-/m0/s1. The molecule has 0 aliphatic carbocycles. The smallest absolute Gasteiger partial charge is 0.341 e. The summed E-state index contributed by atoms with van der Waals surface area (Å²) in [5.74, 6) is -1.50. The van der Waals surface area contributed by atoms with E-state index >= 15 is 4.39 Å². The molecule has 3 aliphatic heterocycles. The second-order valence-electron chi connectivity index (χ2n) is 8.90. The van der Waals surface area contributed by atoms with Crippen LogP contribution in [0.1, 0.15) is 29.7 Å². The molecule has 0 spiro atoms. The van der Waals surface area contributed by atoms with E-state index < -0.39 is 17.2 Å². The summed E-state index contributed by atoms with van der Waals surface area (Å²) in [6, 6.07) is 1.38. The monoisotopic (exact) mass is 430 g/mol. The fraction of sp³-hybridized carbons (Fsp3) is 0.545. The lowest BCUT2D eigenvalue weighted by molar-refractivity contribution is 0.0694. The predicted octanol–water partition coefficient (Wildman–Crippen LogP) is 1.62. The number of hydrogen-bond donors (Lipinski definition) is 1. The van der Waals surface area contributed by atoms with E-state index in [4.69, 9.17) is 4.74 Å². The van der Waals surface area contributed by atoms with Crippen molar-refractivity contribution in [2.75, 3.05) is 57.8 Å². The van der Waals surface area contributed by atoms with E-state index in [2.05, 4.69) is 16.8 Å². The summed E-state index contributed by atoms with van der Waals surface area (Å²) in [5.41, 5.74) is -0.170. The maximum Gasteiger partial charge on any atom is 0.341 e. The first-order valence-electron chi connectivity index (χ1n) is 10.8. The van der Waals surface area contributed by atoms with Gasteiger partial charge in [-0.1, -0.05) is 0 Å². The molecule has 9 heteroatoms. The van der Waals surface area contributed by atoms with Crippen LogP contribution in [0.25, 0.3) is 10.9 Å². The molecule has 8 nitrogen and oxygen atoms in total. The number of piperazine rings is 1. The van der Waals surface area contributed by atoms with Gasteiger partial charge in [-0.3, -0.25) is 9.69 Å². The van der Waals surface area contributed by atoms with Crippen molar-refractivity contribution in [2.24, 2.45) is 0 Å². The van der Waals surface area contributed by atoms with Gasteiger partial charge in [-0.2, -0.15) is 0 Å². The third-order valence-corrected chi connectivity index (χ3v) is 6.91. The zero-order chi connectivity index (χ0) is 21.9. The summed E-state index contributed by atoms with van der Waals surface area (Å²) in [7, 11) is 2.13. The van der Waals surface area contributed by atoms with E-state index in [-0.39, 0.29) is 23.6 Å². The second kappa shape index (κ2) is 7.49. The summed E-state index contributed by atoms with van der Waals surface area (Å²) >= 11 is 0. The maximum absolute atomic E-state index is 15.4. The Morgan fingerprint density at radius 1 is 1.23 bits per heavy atom. The van der Waals surface area contributed by atoms with E-state index in [0.717, 1.165) is 32.6 Å². The number of ether oxygens (including phenoxy) is 1. The molecule has 2 fully saturated rings. The summed E-state index contributed by atoms with van der Waals surface area (Å²) in [4.78, 5) is 31.1. The minimum absolute atomic E-state index is 0.0533. The van der Waals surface area contributed by atoms with Crippen molar-refractivity contribution >= 4 is 22.6 Å². The average molecular weight is 430 g/mol. The Morgan fingerprint density at radius 3 is 2.68 bits per heavy atom. The third kappa shape index (κ3) is 3.27. The van der Waals surface area contributed by atoms with Crippen LogP contribution in [-0.4, -0.2) is 84.4 Å². The van der Waals surface area contributed by atoms with Crippen molar-refractivity contribution in [1.82, 2.24) is 14.4 Å². The highest BCUT2D eigenvalue weighted by molar-refractivity contribution is 5.97. The number of aromatic nitrogens is 1. The minimum atomic E-state index is -1.31. The van der Waals surface area contributed by atoms with Gasteiger partial charge in [-0.05, 0) is 26.5 Å². The number of benzene rings is 1. The van der Waals surface area contributed by atoms with Crippen LogP contribution in [0, 0.1) is 5.82 Å². The van der Waals surface area contributed by atoms with E-state index in [9.17, 15) is 14.7 Å². The third-order valence-electron chi connectivity index (χ3n) is 6.91. The van der Waals surface area contributed by atoms with Crippen molar-refractivity contribution in [3.8, 4) is 5.75 Å². The first-order chi connectivity index (χ1) is 14.8. The molecule has 0 unspecified atom stereocenters.